The van der Waals surface area contributed by atoms with Gasteiger partial charge < -0.3 is 0 Å². The molecule has 2 nitrogen and oxygen atoms in total. The van der Waals surface area contributed by atoms with Gasteiger partial charge in [0.15, 0.2) is 0 Å². The number of alkyl halides is 2. The predicted molar refractivity (Wildman–Crippen MR) is 136 cm³/mol. The fourth-order valence-corrected chi connectivity index (χ4v) is 5.39. The summed E-state index contributed by atoms with van der Waals surface area (Å²) in [7, 11) is 0. The molecule has 0 saturated heterocycles. The molecule has 34 heavy (non-hydrogen) atoms. The molecule has 0 aliphatic heterocycles. The van der Waals surface area contributed by atoms with Crippen LogP contribution in [0.25, 0.3) is 49.7 Å². The fraction of sp³-hybridized carbons (Fsp3) is 0.200. The Balaban J connectivity index is 1.76. The second kappa shape index (κ2) is 7.17. The van der Waals surface area contributed by atoms with Crippen molar-refractivity contribution in [1.29, 1.82) is 0 Å². The molecule has 3 aromatic carbocycles. The highest BCUT2D eigenvalue weighted by Crippen LogP contribution is 2.51. The molecular formula is C30H24F2N2. The van der Waals surface area contributed by atoms with E-state index in [0.29, 0.717) is 28.3 Å². The van der Waals surface area contributed by atoms with Crippen molar-refractivity contribution < 1.29 is 8.78 Å². The second-order valence-electron chi connectivity index (χ2n) is 9.69. The van der Waals surface area contributed by atoms with Crippen LogP contribution in [0.5, 0.6) is 0 Å². The summed E-state index contributed by atoms with van der Waals surface area (Å²) in [5.41, 5.74) is 3.17. The molecule has 0 saturated carbocycles. The molecule has 0 radical (unpaired) electrons. The summed E-state index contributed by atoms with van der Waals surface area (Å²) in [4.78, 5) is 8.91. The largest absolute Gasteiger partial charge is 0.316 e. The Hall–Kier alpha value is -3.66. The van der Waals surface area contributed by atoms with Gasteiger partial charge in [0, 0.05) is 22.7 Å². The van der Waals surface area contributed by atoms with Gasteiger partial charge in [-0.25, -0.2) is 4.98 Å². The summed E-state index contributed by atoms with van der Waals surface area (Å²) in [6.07, 6.45) is 4.18. The van der Waals surface area contributed by atoms with E-state index >= 15 is 8.78 Å². The van der Waals surface area contributed by atoms with Gasteiger partial charge in [-0.2, -0.15) is 8.78 Å². The molecule has 0 unspecified atom stereocenters. The van der Waals surface area contributed by atoms with Crippen molar-refractivity contribution in [2.75, 3.05) is 0 Å². The van der Waals surface area contributed by atoms with Crippen LogP contribution in [0.3, 0.4) is 0 Å². The van der Waals surface area contributed by atoms with Crippen LogP contribution < -0.4 is 0 Å². The number of aromatic nitrogens is 2. The standard InChI is InChI=1S/C30H24F2N2/c1-5-26-17(4)13-24-28-27-21(10-11-33-28)20-9-8-19-7-6-18(12-16(2)3)14-22(19)23(20)15-25(27)30(31,32)29(24)34-26/h5-11,13-16H,1,12H2,2-4H3. The summed E-state index contributed by atoms with van der Waals surface area (Å²) in [6, 6.07) is 15.8. The Bertz CT molecular complexity index is 1660. The maximum atomic E-state index is 16.2. The lowest BCUT2D eigenvalue weighted by Crippen LogP contribution is -2.23. The average molecular weight is 451 g/mol. The number of pyridine rings is 2. The van der Waals surface area contributed by atoms with Crippen molar-refractivity contribution in [3.05, 3.63) is 89.4 Å². The van der Waals surface area contributed by atoms with Gasteiger partial charge in [0.05, 0.1) is 11.4 Å². The van der Waals surface area contributed by atoms with Crippen molar-refractivity contribution in [3.63, 3.8) is 0 Å². The Morgan fingerprint density at radius 1 is 0.971 bits per heavy atom. The van der Waals surface area contributed by atoms with Gasteiger partial charge in [0.1, 0.15) is 5.69 Å². The van der Waals surface area contributed by atoms with E-state index in [-0.39, 0.29) is 11.3 Å². The lowest BCUT2D eigenvalue weighted by molar-refractivity contribution is 0.0395. The minimum atomic E-state index is -3.25. The first-order valence-corrected chi connectivity index (χ1v) is 11.6. The number of halogens is 2. The molecule has 2 heterocycles. The van der Waals surface area contributed by atoms with E-state index in [0.717, 1.165) is 38.9 Å². The number of benzene rings is 3. The van der Waals surface area contributed by atoms with E-state index in [2.05, 4.69) is 54.7 Å². The molecule has 0 N–H and O–H groups in total. The Morgan fingerprint density at radius 3 is 2.53 bits per heavy atom. The van der Waals surface area contributed by atoms with Crippen molar-refractivity contribution in [1.82, 2.24) is 9.97 Å². The van der Waals surface area contributed by atoms with Crippen LogP contribution in [-0.2, 0) is 12.3 Å². The van der Waals surface area contributed by atoms with Crippen LogP contribution in [0.2, 0.25) is 0 Å². The van der Waals surface area contributed by atoms with Gasteiger partial charge in [-0.15, -0.1) is 0 Å². The molecule has 0 spiro atoms. The molecule has 0 atom stereocenters. The van der Waals surface area contributed by atoms with Crippen molar-refractivity contribution in [2.45, 2.75) is 33.1 Å². The van der Waals surface area contributed by atoms with Crippen LogP contribution in [0.4, 0.5) is 8.78 Å². The van der Waals surface area contributed by atoms with E-state index in [1.807, 2.05) is 19.1 Å². The second-order valence-corrected chi connectivity index (χ2v) is 9.69. The van der Waals surface area contributed by atoms with Gasteiger partial charge in [-0.1, -0.05) is 50.8 Å². The van der Waals surface area contributed by atoms with Gasteiger partial charge in [-0.05, 0) is 81.6 Å². The lowest BCUT2D eigenvalue weighted by atomic mass is 9.83. The molecule has 5 aromatic rings. The molecule has 0 fully saturated rings. The minimum Gasteiger partial charge on any atom is -0.255 e. The zero-order chi connectivity index (χ0) is 23.8. The number of aryl methyl sites for hydroxylation is 1. The maximum absolute atomic E-state index is 16.2. The Kier molecular flexibility index (Phi) is 4.41. The lowest BCUT2D eigenvalue weighted by Gasteiger charge is -2.28. The van der Waals surface area contributed by atoms with Gasteiger partial charge in [-0.3, -0.25) is 4.98 Å². The summed E-state index contributed by atoms with van der Waals surface area (Å²) in [5.74, 6) is -2.74. The van der Waals surface area contributed by atoms with E-state index in [4.69, 9.17) is 0 Å². The zero-order valence-corrected chi connectivity index (χ0v) is 19.4. The molecule has 4 heteroatoms. The van der Waals surface area contributed by atoms with E-state index in [1.54, 1.807) is 18.3 Å². The Morgan fingerprint density at radius 2 is 1.76 bits per heavy atom. The summed E-state index contributed by atoms with van der Waals surface area (Å²) < 4.78 is 32.3. The highest BCUT2D eigenvalue weighted by atomic mass is 19.3. The third kappa shape index (κ3) is 2.84. The smallest absolute Gasteiger partial charge is 0.255 e. The minimum absolute atomic E-state index is 0.0290. The molecular weight excluding hydrogens is 426 g/mol. The maximum Gasteiger partial charge on any atom is 0.316 e. The van der Waals surface area contributed by atoms with Crippen LogP contribution in [0, 0.1) is 12.8 Å². The van der Waals surface area contributed by atoms with E-state index in [9.17, 15) is 0 Å². The first-order valence-electron chi connectivity index (χ1n) is 11.6. The van der Waals surface area contributed by atoms with Crippen LogP contribution in [0.1, 0.15) is 41.9 Å². The molecule has 168 valence electrons. The Labute approximate surface area is 197 Å². The zero-order valence-electron chi connectivity index (χ0n) is 19.4. The van der Waals surface area contributed by atoms with Gasteiger partial charge in [0.2, 0.25) is 0 Å². The number of hydrogen-bond donors (Lipinski definition) is 0. The molecule has 0 amide bonds. The van der Waals surface area contributed by atoms with Crippen LogP contribution in [0.15, 0.2) is 61.3 Å². The number of fused-ring (bicyclic) bond motifs is 6. The summed E-state index contributed by atoms with van der Waals surface area (Å²) in [5, 5.41) is 5.15. The first kappa shape index (κ1) is 20.9. The molecule has 2 aromatic heterocycles. The van der Waals surface area contributed by atoms with Crippen molar-refractivity contribution in [2.24, 2.45) is 5.92 Å². The molecule has 1 aliphatic carbocycles. The molecule has 0 bridgehead atoms. The van der Waals surface area contributed by atoms with Crippen LogP contribution >= 0.6 is 0 Å². The van der Waals surface area contributed by atoms with Gasteiger partial charge >= 0.3 is 5.92 Å². The topological polar surface area (TPSA) is 25.8 Å². The normalized spacial score (nSPS) is 14.2. The quantitative estimate of drug-likeness (QED) is 0.259. The average Bonchev–Trinajstić information content (AvgIpc) is 2.81. The van der Waals surface area contributed by atoms with Crippen molar-refractivity contribution in [3.8, 4) is 11.3 Å². The third-order valence-corrected chi connectivity index (χ3v) is 6.91. The van der Waals surface area contributed by atoms with E-state index < -0.39 is 5.92 Å². The fourth-order valence-electron chi connectivity index (χ4n) is 5.39. The number of hydrogen-bond acceptors (Lipinski definition) is 2. The first-order chi connectivity index (χ1) is 16.3. The SMILES string of the molecule is C=Cc1nc2c(cc1C)-c1nccc3c1c(cc1c4cc(CC(C)C)ccc4ccc31)C2(F)F. The number of rotatable bonds is 3. The van der Waals surface area contributed by atoms with Crippen LogP contribution in [-0.4, -0.2) is 9.97 Å². The molecule has 1 aliphatic rings. The summed E-state index contributed by atoms with van der Waals surface area (Å²) >= 11 is 0. The molecule has 6 rings (SSSR count). The third-order valence-electron chi connectivity index (χ3n) is 6.91. The van der Waals surface area contributed by atoms with E-state index in [1.165, 1.54) is 11.6 Å². The monoisotopic (exact) mass is 450 g/mol. The van der Waals surface area contributed by atoms with Crippen molar-refractivity contribution >= 4 is 38.4 Å². The van der Waals surface area contributed by atoms with Gasteiger partial charge in [0.25, 0.3) is 0 Å². The number of nitrogens with zero attached hydrogens (tertiary/aromatic N) is 2. The highest BCUT2D eigenvalue weighted by Gasteiger charge is 2.45. The highest BCUT2D eigenvalue weighted by molar-refractivity contribution is 6.21. The summed E-state index contributed by atoms with van der Waals surface area (Å²) in [6.45, 7) is 9.98. The predicted octanol–water partition coefficient (Wildman–Crippen LogP) is 8.21.